The summed E-state index contributed by atoms with van der Waals surface area (Å²) in [6, 6.07) is 0. The number of carboxylic acids is 4. The second kappa shape index (κ2) is 6.65. The summed E-state index contributed by atoms with van der Waals surface area (Å²) >= 11 is 14.6. The van der Waals surface area contributed by atoms with Gasteiger partial charge in [-0.05, 0) is 37.5 Å². The number of halogens is 2. The Morgan fingerprint density at radius 1 is 0.655 bits per heavy atom. The first-order chi connectivity index (χ1) is 13.4. The van der Waals surface area contributed by atoms with Gasteiger partial charge in [0, 0.05) is 10.5 Å². The van der Waals surface area contributed by atoms with Gasteiger partial charge in [0.25, 0.3) is 0 Å². The molecular weight excluding hydrogens is 447 g/mol. The smallest absolute Gasteiger partial charge is 0.309 e. The number of carbonyl (C=O) groups is 4. The molecule has 0 aromatic carbocycles. The van der Waals surface area contributed by atoms with E-state index in [1.54, 1.807) is 0 Å². The molecule has 0 aromatic rings. The van der Waals surface area contributed by atoms with Gasteiger partial charge < -0.3 is 20.4 Å². The molecule has 0 heterocycles. The predicted molar refractivity (Wildman–Crippen MR) is 102 cm³/mol. The Morgan fingerprint density at radius 3 is 1.28 bits per heavy atom. The lowest BCUT2D eigenvalue weighted by atomic mass is 9.78. The van der Waals surface area contributed by atoms with Crippen molar-refractivity contribution in [3.8, 4) is 0 Å². The van der Waals surface area contributed by atoms with Gasteiger partial charge in [0.1, 0.15) is 0 Å². The largest absolute Gasteiger partial charge is 0.481 e. The standard InChI is InChI=1S/C18H20Cl2O8S/c19-17-1-5(9(13(21)22)11(17)15(25)26)7(3-17)29-8-4-18(20)2-6(8)10(14(23)24)12(18)16(27)28/h5-12H,1-4H2,(H,21,22)(H,23,24)(H,25,26)(H,27,28). The fraction of sp³-hybridized carbons (Fsp3) is 0.778. The lowest BCUT2D eigenvalue weighted by molar-refractivity contribution is -0.155. The summed E-state index contributed by atoms with van der Waals surface area (Å²) in [7, 11) is 0. The van der Waals surface area contributed by atoms with E-state index in [2.05, 4.69) is 0 Å². The summed E-state index contributed by atoms with van der Waals surface area (Å²) < 4.78 is 0. The van der Waals surface area contributed by atoms with Crippen LogP contribution in [-0.4, -0.2) is 64.6 Å². The first kappa shape index (κ1) is 21.1. The highest BCUT2D eigenvalue weighted by molar-refractivity contribution is 8.00. The van der Waals surface area contributed by atoms with E-state index in [1.165, 1.54) is 11.8 Å². The third-order valence-corrected chi connectivity index (χ3v) is 10.2. The van der Waals surface area contributed by atoms with E-state index in [0.717, 1.165) is 0 Å². The first-order valence-corrected chi connectivity index (χ1v) is 11.0. The molecule has 10 atom stereocenters. The SMILES string of the molecule is O=C(O)C1C2CC(Cl)(CC2SC2CC3(Cl)CC2C(C(=O)O)C3C(=O)O)C1C(=O)O. The highest BCUT2D eigenvalue weighted by atomic mass is 35.5. The molecule has 4 N–H and O–H groups in total. The van der Waals surface area contributed by atoms with E-state index in [0.29, 0.717) is 12.8 Å². The van der Waals surface area contributed by atoms with E-state index < -0.39 is 69.1 Å². The maximum atomic E-state index is 11.8. The minimum absolute atomic E-state index is 0.230. The van der Waals surface area contributed by atoms with Gasteiger partial charge in [0.05, 0.1) is 33.4 Å². The van der Waals surface area contributed by atoms with Crippen molar-refractivity contribution in [3.63, 3.8) is 0 Å². The molecule has 4 aliphatic rings. The fourth-order valence-electron chi connectivity index (χ4n) is 6.47. The van der Waals surface area contributed by atoms with E-state index in [4.69, 9.17) is 23.2 Å². The lowest BCUT2D eigenvalue weighted by Crippen LogP contribution is -2.47. The number of aliphatic carboxylic acids is 4. The number of hydrogen-bond acceptors (Lipinski definition) is 5. The van der Waals surface area contributed by atoms with Crippen LogP contribution in [0.25, 0.3) is 0 Å². The number of rotatable bonds is 6. The average Bonchev–Trinajstić information content (AvgIpc) is 3.25. The number of hydrogen-bond donors (Lipinski definition) is 4. The molecule has 160 valence electrons. The number of carboxylic acid groups (broad SMARTS) is 4. The minimum atomic E-state index is -1.21. The molecule has 4 rings (SSSR count). The van der Waals surface area contributed by atoms with Gasteiger partial charge in [-0.3, -0.25) is 19.2 Å². The van der Waals surface area contributed by atoms with Gasteiger partial charge in [-0.15, -0.1) is 23.2 Å². The number of alkyl halides is 2. The van der Waals surface area contributed by atoms with Crippen molar-refractivity contribution in [1.82, 2.24) is 0 Å². The van der Waals surface area contributed by atoms with Crippen molar-refractivity contribution in [2.24, 2.45) is 35.5 Å². The van der Waals surface area contributed by atoms with Crippen molar-refractivity contribution in [1.29, 1.82) is 0 Å². The van der Waals surface area contributed by atoms with Crippen molar-refractivity contribution < 1.29 is 39.6 Å². The molecule has 0 amide bonds. The monoisotopic (exact) mass is 466 g/mol. The summed E-state index contributed by atoms with van der Waals surface area (Å²) in [6.07, 6.45) is 1.21. The molecule has 29 heavy (non-hydrogen) atoms. The van der Waals surface area contributed by atoms with Crippen LogP contribution in [0.3, 0.4) is 0 Å². The van der Waals surface area contributed by atoms with Crippen LogP contribution in [0, 0.1) is 35.5 Å². The molecule has 0 radical (unpaired) electrons. The van der Waals surface area contributed by atoms with Gasteiger partial charge >= 0.3 is 23.9 Å². The molecule has 0 aromatic heterocycles. The summed E-state index contributed by atoms with van der Waals surface area (Å²) in [5, 5.41) is 37.7. The molecule has 0 aliphatic heterocycles. The van der Waals surface area contributed by atoms with Crippen LogP contribution in [0.1, 0.15) is 25.7 Å². The van der Waals surface area contributed by atoms with Crippen LogP contribution < -0.4 is 0 Å². The quantitative estimate of drug-likeness (QED) is 0.431. The van der Waals surface area contributed by atoms with Crippen LogP contribution in [0.15, 0.2) is 0 Å². The van der Waals surface area contributed by atoms with Crippen molar-refractivity contribution in [2.75, 3.05) is 0 Å². The van der Waals surface area contributed by atoms with Gasteiger partial charge in [0.15, 0.2) is 0 Å². The van der Waals surface area contributed by atoms with Crippen molar-refractivity contribution in [2.45, 2.75) is 45.9 Å². The third kappa shape index (κ3) is 2.95. The molecule has 0 saturated heterocycles. The minimum Gasteiger partial charge on any atom is -0.481 e. The molecule has 0 spiro atoms. The first-order valence-electron chi connectivity index (χ1n) is 9.34. The zero-order valence-corrected chi connectivity index (χ0v) is 17.4. The van der Waals surface area contributed by atoms with Crippen LogP contribution >= 0.6 is 35.0 Å². The molecule has 10 unspecified atom stereocenters. The second-order valence-corrected chi connectivity index (χ2v) is 11.8. The molecule has 11 heteroatoms. The van der Waals surface area contributed by atoms with E-state index >= 15 is 0 Å². The van der Waals surface area contributed by atoms with Gasteiger partial charge in [-0.25, -0.2) is 0 Å². The van der Waals surface area contributed by atoms with Gasteiger partial charge in [0.2, 0.25) is 0 Å². The Balaban J connectivity index is 1.56. The maximum absolute atomic E-state index is 11.8. The summed E-state index contributed by atoms with van der Waals surface area (Å²) in [5.41, 5.74) is 0. The second-order valence-electron chi connectivity index (χ2n) is 8.79. The predicted octanol–water partition coefficient (Wildman–Crippen LogP) is 2.06. The van der Waals surface area contributed by atoms with Crippen LogP contribution in [-0.2, 0) is 19.2 Å². The summed E-state index contributed by atoms with van der Waals surface area (Å²) in [6.45, 7) is 0. The molecule has 4 fully saturated rings. The molecule has 4 saturated carbocycles. The summed E-state index contributed by atoms with van der Waals surface area (Å²) in [5.74, 6) is -10.2. The molecule has 8 nitrogen and oxygen atoms in total. The number of fused-ring (bicyclic) bond motifs is 4. The zero-order valence-electron chi connectivity index (χ0n) is 15.0. The van der Waals surface area contributed by atoms with Crippen molar-refractivity contribution in [3.05, 3.63) is 0 Å². The molecule has 4 aliphatic carbocycles. The normalized spacial score (nSPS) is 50.0. The Labute approximate surface area is 179 Å². The third-order valence-electron chi connectivity index (χ3n) is 7.39. The lowest BCUT2D eigenvalue weighted by Gasteiger charge is -2.39. The Morgan fingerprint density at radius 2 is 1.00 bits per heavy atom. The Kier molecular flexibility index (Phi) is 4.83. The van der Waals surface area contributed by atoms with Gasteiger partial charge in [-0.2, -0.15) is 11.8 Å². The van der Waals surface area contributed by atoms with E-state index in [-0.39, 0.29) is 23.3 Å². The van der Waals surface area contributed by atoms with Crippen molar-refractivity contribution >= 4 is 58.8 Å². The molecular formula is C18H20Cl2O8S. The van der Waals surface area contributed by atoms with Crippen LogP contribution in [0.4, 0.5) is 0 Å². The van der Waals surface area contributed by atoms with Gasteiger partial charge in [-0.1, -0.05) is 0 Å². The zero-order chi connectivity index (χ0) is 21.5. The van der Waals surface area contributed by atoms with Crippen LogP contribution in [0.2, 0.25) is 0 Å². The van der Waals surface area contributed by atoms with Crippen LogP contribution in [0.5, 0.6) is 0 Å². The Hall–Kier alpha value is -1.19. The maximum Gasteiger partial charge on any atom is 0.309 e. The highest BCUT2D eigenvalue weighted by Crippen LogP contribution is 2.66. The molecule has 4 bridgehead atoms. The number of thioether (sulfide) groups is 1. The highest BCUT2D eigenvalue weighted by Gasteiger charge is 2.69. The van der Waals surface area contributed by atoms with E-state index in [1.807, 2.05) is 0 Å². The van der Waals surface area contributed by atoms with E-state index in [9.17, 15) is 39.6 Å². The fourth-order valence-corrected chi connectivity index (χ4v) is 9.97. The Bertz CT molecular complexity index is 743. The average molecular weight is 467 g/mol. The summed E-state index contributed by atoms with van der Waals surface area (Å²) in [4.78, 5) is 44.5. The topological polar surface area (TPSA) is 149 Å².